The highest BCUT2D eigenvalue weighted by Gasteiger charge is 2.35. The van der Waals surface area contributed by atoms with Crippen LogP contribution in [0.3, 0.4) is 0 Å². The molecule has 0 saturated carbocycles. The van der Waals surface area contributed by atoms with Gasteiger partial charge < -0.3 is 14.7 Å². The molecule has 1 aromatic carbocycles. The van der Waals surface area contributed by atoms with Crippen LogP contribution in [0.2, 0.25) is 0 Å². The SMILES string of the molecule is CC(C)CN1CCN2c3cc(OCc4ccc(F)c(O)c4)nc(=O)n3CC2C1. The summed E-state index contributed by atoms with van der Waals surface area (Å²) in [4.78, 5) is 21.2. The number of benzene rings is 1. The molecule has 150 valence electrons. The van der Waals surface area contributed by atoms with Crippen molar-refractivity contribution in [3.63, 3.8) is 0 Å². The van der Waals surface area contributed by atoms with Crippen LogP contribution in [0.5, 0.6) is 11.6 Å². The normalized spacial score (nSPS) is 19.0. The zero-order chi connectivity index (χ0) is 19.8. The van der Waals surface area contributed by atoms with Crippen LogP contribution in [-0.4, -0.2) is 51.8 Å². The Kier molecular flexibility index (Phi) is 4.97. The molecule has 2 aromatic rings. The lowest BCUT2D eigenvalue weighted by Crippen LogP contribution is -2.52. The standard InChI is InChI=1S/C20H25FN4O3/c1-13(2)9-23-5-6-24-15(10-23)11-25-19(24)8-18(22-20(25)27)28-12-14-3-4-16(21)17(26)7-14/h3-4,7-8,13,15,26H,5-6,9-12H2,1-2H3. The lowest BCUT2D eigenvalue weighted by atomic mass is 10.1. The molecule has 0 bridgehead atoms. The number of phenols is 1. The number of aromatic hydroxyl groups is 1. The average molecular weight is 388 g/mol. The van der Waals surface area contributed by atoms with Gasteiger partial charge in [0.1, 0.15) is 12.4 Å². The van der Waals surface area contributed by atoms with Crippen LogP contribution in [0.15, 0.2) is 29.1 Å². The summed E-state index contributed by atoms with van der Waals surface area (Å²) in [7, 11) is 0. The summed E-state index contributed by atoms with van der Waals surface area (Å²) in [5.74, 6) is 0.590. The van der Waals surface area contributed by atoms with Crippen molar-refractivity contribution in [2.24, 2.45) is 5.92 Å². The van der Waals surface area contributed by atoms with Crippen molar-refractivity contribution >= 4 is 5.82 Å². The number of hydrogen-bond acceptors (Lipinski definition) is 6. The fraction of sp³-hybridized carbons (Fsp3) is 0.500. The Morgan fingerprint density at radius 3 is 2.86 bits per heavy atom. The molecule has 1 fully saturated rings. The summed E-state index contributed by atoms with van der Waals surface area (Å²) >= 11 is 0. The zero-order valence-corrected chi connectivity index (χ0v) is 16.1. The van der Waals surface area contributed by atoms with Crippen LogP contribution in [0.4, 0.5) is 10.2 Å². The predicted octanol–water partition coefficient (Wildman–Crippen LogP) is 1.83. The summed E-state index contributed by atoms with van der Waals surface area (Å²) in [6, 6.07) is 6.08. The van der Waals surface area contributed by atoms with E-state index in [9.17, 15) is 14.3 Å². The minimum absolute atomic E-state index is 0.0926. The Morgan fingerprint density at radius 2 is 2.11 bits per heavy atom. The number of piperazine rings is 1. The summed E-state index contributed by atoms with van der Waals surface area (Å²) < 4.78 is 20.5. The highest BCUT2D eigenvalue weighted by atomic mass is 19.1. The van der Waals surface area contributed by atoms with Gasteiger partial charge in [0.2, 0.25) is 5.88 Å². The molecule has 0 spiro atoms. The molecule has 0 radical (unpaired) electrons. The summed E-state index contributed by atoms with van der Waals surface area (Å²) in [6.07, 6.45) is 0. The summed E-state index contributed by atoms with van der Waals surface area (Å²) in [5, 5.41) is 9.46. The maximum atomic E-state index is 13.2. The number of ether oxygens (including phenoxy) is 1. The van der Waals surface area contributed by atoms with E-state index < -0.39 is 11.6 Å². The molecule has 28 heavy (non-hydrogen) atoms. The second kappa shape index (κ2) is 7.43. The van der Waals surface area contributed by atoms with Gasteiger partial charge in [-0.2, -0.15) is 4.98 Å². The summed E-state index contributed by atoms with van der Waals surface area (Å²) in [6.45, 7) is 9.00. The van der Waals surface area contributed by atoms with Crippen LogP contribution in [0, 0.1) is 11.7 Å². The third-order valence-electron chi connectivity index (χ3n) is 5.24. The minimum atomic E-state index is -0.680. The number of aromatic nitrogens is 2. The number of anilines is 1. The maximum absolute atomic E-state index is 13.2. The molecule has 4 rings (SSSR count). The van der Waals surface area contributed by atoms with E-state index >= 15 is 0 Å². The van der Waals surface area contributed by atoms with Gasteiger partial charge in [0, 0.05) is 32.2 Å². The fourth-order valence-corrected chi connectivity index (χ4v) is 4.03. The van der Waals surface area contributed by atoms with E-state index in [1.807, 2.05) is 0 Å². The number of fused-ring (bicyclic) bond motifs is 3. The molecular formula is C20H25FN4O3. The van der Waals surface area contributed by atoms with Crippen molar-refractivity contribution in [1.82, 2.24) is 14.5 Å². The lowest BCUT2D eigenvalue weighted by Gasteiger charge is -2.38. The van der Waals surface area contributed by atoms with Gasteiger partial charge in [0.25, 0.3) is 0 Å². The van der Waals surface area contributed by atoms with Gasteiger partial charge in [-0.3, -0.25) is 9.47 Å². The van der Waals surface area contributed by atoms with Gasteiger partial charge >= 0.3 is 5.69 Å². The van der Waals surface area contributed by atoms with Crippen molar-refractivity contribution in [1.29, 1.82) is 0 Å². The second-order valence-electron chi connectivity index (χ2n) is 7.92. The first kappa shape index (κ1) is 18.7. The highest BCUT2D eigenvalue weighted by Crippen LogP contribution is 2.29. The fourth-order valence-electron chi connectivity index (χ4n) is 4.03. The van der Waals surface area contributed by atoms with Crippen molar-refractivity contribution in [2.45, 2.75) is 33.0 Å². The third-order valence-corrected chi connectivity index (χ3v) is 5.24. The molecule has 0 aliphatic carbocycles. The number of hydrogen-bond donors (Lipinski definition) is 1. The highest BCUT2D eigenvalue weighted by molar-refractivity contribution is 5.47. The molecule has 1 saturated heterocycles. The number of halogens is 1. The maximum Gasteiger partial charge on any atom is 0.352 e. The van der Waals surface area contributed by atoms with Gasteiger partial charge in [-0.05, 0) is 23.6 Å². The molecular weight excluding hydrogens is 363 g/mol. The van der Waals surface area contributed by atoms with Crippen LogP contribution >= 0.6 is 0 Å². The van der Waals surface area contributed by atoms with E-state index in [1.54, 1.807) is 10.6 Å². The summed E-state index contributed by atoms with van der Waals surface area (Å²) in [5.41, 5.74) is 0.278. The number of nitrogens with zero attached hydrogens (tertiary/aromatic N) is 4. The first-order valence-electron chi connectivity index (χ1n) is 9.62. The quantitative estimate of drug-likeness (QED) is 0.843. The molecule has 2 aliphatic rings. The Labute approximate surface area is 163 Å². The smallest absolute Gasteiger partial charge is 0.352 e. The second-order valence-corrected chi connectivity index (χ2v) is 7.92. The Bertz CT molecular complexity index is 930. The van der Waals surface area contributed by atoms with Gasteiger partial charge in [0.05, 0.1) is 12.6 Å². The van der Waals surface area contributed by atoms with E-state index in [1.165, 1.54) is 18.2 Å². The molecule has 1 unspecified atom stereocenters. The van der Waals surface area contributed by atoms with Crippen LogP contribution in [0.1, 0.15) is 19.4 Å². The Balaban J connectivity index is 1.48. The molecule has 8 heteroatoms. The van der Waals surface area contributed by atoms with E-state index in [-0.39, 0.29) is 24.2 Å². The molecule has 7 nitrogen and oxygen atoms in total. The first-order chi connectivity index (χ1) is 13.4. The average Bonchev–Trinajstić information content (AvgIpc) is 3.01. The van der Waals surface area contributed by atoms with E-state index in [0.29, 0.717) is 18.0 Å². The van der Waals surface area contributed by atoms with E-state index in [2.05, 4.69) is 28.6 Å². The molecule has 1 atom stereocenters. The van der Waals surface area contributed by atoms with Crippen molar-refractivity contribution in [3.8, 4) is 11.6 Å². The Hall–Kier alpha value is -2.61. The molecule has 1 aromatic heterocycles. The molecule has 0 amide bonds. The van der Waals surface area contributed by atoms with Gasteiger partial charge in [-0.25, -0.2) is 9.18 Å². The Morgan fingerprint density at radius 1 is 1.29 bits per heavy atom. The number of phenolic OH excluding ortho intramolecular Hbond substituents is 1. The van der Waals surface area contributed by atoms with Crippen molar-refractivity contribution in [2.75, 3.05) is 31.1 Å². The third kappa shape index (κ3) is 3.69. The topological polar surface area (TPSA) is 70.8 Å². The predicted molar refractivity (Wildman–Crippen MR) is 103 cm³/mol. The van der Waals surface area contributed by atoms with Gasteiger partial charge in [-0.1, -0.05) is 19.9 Å². The van der Waals surface area contributed by atoms with Crippen molar-refractivity contribution in [3.05, 3.63) is 46.1 Å². The van der Waals surface area contributed by atoms with E-state index in [0.717, 1.165) is 32.0 Å². The lowest BCUT2D eigenvalue weighted by molar-refractivity contribution is 0.202. The van der Waals surface area contributed by atoms with E-state index in [4.69, 9.17) is 4.74 Å². The zero-order valence-electron chi connectivity index (χ0n) is 16.1. The minimum Gasteiger partial charge on any atom is -0.505 e. The molecule has 1 N–H and O–H groups in total. The van der Waals surface area contributed by atoms with Gasteiger partial charge in [-0.15, -0.1) is 0 Å². The molecule has 3 heterocycles. The monoisotopic (exact) mass is 388 g/mol. The largest absolute Gasteiger partial charge is 0.505 e. The number of rotatable bonds is 5. The molecule has 2 aliphatic heterocycles. The van der Waals surface area contributed by atoms with Crippen LogP contribution < -0.4 is 15.3 Å². The van der Waals surface area contributed by atoms with Crippen molar-refractivity contribution < 1.29 is 14.2 Å². The first-order valence-corrected chi connectivity index (χ1v) is 9.62. The van der Waals surface area contributed by atoms with Crippen LogP contribution in [-0.2, 0) is 13.2 Å². The van der Waals surface area contributed by atoms with Gasteiger partial charge in [0.15, 0.2) is 11.6 Å². The van der Waals surface area contributed by atoms with Crippen LogP contribution in [0.25, 0.3) is 0 Å².